The average molecular weight is 362 g/mol. The maximum atomic E-state index is 11.6. The van der Waals surface area contributed by atoms with Gasteiger partial charge in [0.15, 0.2) is 0 Å². The summed E-state index contributed by atoms with van der Waals surface area (Å²) in [5.41, 5.74) is 6.28. The van der Waals surface area contributed by atoms with E-state index in [0.29, 0.717) is 12.2 Å². The SMILES string of the molecule is Cc1cn(-c2ccc(CNCCc3ccc4c(c3C)COC4=O)cn2)cn1. The minimum absolute atomic E-state index is 0.209. The molecule has 0 unspecified atom stereocenters. The molecule has 1 aliphatic heterocycles. The van der Waals surface area contributed by atoms with Crippen LogP contribution in [0, 0.1) is 13.8 Å². The maximum Gasteiger partial charge on any atom is 0.338 e. The number of carbonyl (C=O) groups excluding carboxylic acids is 1. The van der Waals surface area contributed by atoms with Gasteiger partial charge in [0.2, 0.25) is 0 Å². The summed E-state index contributed by atoms with van der Waals surface area (Å²) < 4.78 is 7.03. The highest BCUT2D eigenvalue weighted by atomic mass is 16.5. The van der Waals surface area contributed by atoms with Crippen LogP contribution in [0.1, 0.15) is 38.3 Å². The van der Waals surface area contributed by atoms with Gasteiger partial charge in [0.25, 0.3) is 0 Å². The lowest BCUT2D eigenvalue weighted by molar-refractivity contribution is 0.0535. The van der Waals surface area contributed by atoms with Gasteiger partial charge in [-0.15, -0.1) is 0 Å². The molecule has 1 aromatic carbocycles. The van der Waals surface area contributed by atoms with Gasteiger partial charge in [-0.3, -0.25) is 4.57 Å². The summed E-state index contributed by atoms with van der Waals surface area (Å²) in [6.07, 6.45) is 6.53. The smallest absolute Gasteiger partial charge is 0.338 e. The molecule has 0 fully saturated rings. The Morgan fingerprint density at radius 3 is 2.81 bits per heavy atom. The van der Waals surface area contributed by atoms with Crippen molar-refractivity contribution in [2.24, 2.45) is 0 Å². The summed E-state index contributed by atoms with van der Waals surface area (Å²) in [5.74, 6) is 0.657. The molecule has 27 heavy (non-hydrogen) atoms. The highest BCUT2D eigenvalue weighted by Crippen LogP contribution is 2.26. The maximum absolute atomic E-state index is 11.6. The Labute approximate surface area is 158 Å². The molecule has 0 bridgehead atoms. The van der Waals surface area contributed by atoms with Crippen LogP contribution in [-0.4, -0.2) is 27.0 Å². The van der Waals surface area contributed by atoms with E-state index in [1.165, 1.54) is 11.1 Å². The van der Waals surface area contributed by atoms with Gasteiger partial charge in [-0.1, -0.05) is 12.1 Å². The fraction of sp³-hybridized carbons (Fsp3) is 0.286. The van der Waals surface area contributed by atoms with Crippen molar-refractivity contribution in [2.75, 3.05) is 6.54 Å². The first-order chi connectivity index (χ1) is 13.1. The van der Waals surface area contributed by atoms with Crippen LogP contribution in [0.5, 0.6) is 0 Å². The number of aromatic nitrogens is 3. The molecule has 3 heterocycles. The van der Waals surface area contributed by atoms with Crippen LogP contribution in [-0.2, 0) is 24.3 Å². The molecule has 0 saturated carbocycles. The van der Waals surface area contributed by atoms with Crippen LogP contribution in [0.4, 0.5) is 0 Å². The first-order valence-corrected chi connectivity index (χ1v) is 9.07. The van der Waals surface area contributed by atoms with Crippen molar-refractivity contribution in [3.8, 4) is 5.82 Å². The molecule has 6 heteroatoms. The molecular weight excluding hydrogens is 340 g/mol. The lowest BCUT2D eigenvalue weighted by atomic mass is 9.97. The number of aryl methyl sites for hydroxylation is 1. The monoisotopic (exact) mass is 362 g/mol. The molecule has 2 aromatic heterocycles. The molecule has 4 rings (SSSR count). The van der Waals surface area contributed by atoms with E-state index >= 15 is 0 Å². The number of rotatable bonds is 6. The Kier molecular flexibility index (Phi) is 4.73. The van der Waals surface area contributed by atoms with Crippen molar-refractivity contribution < 1.29 is 9.53 Å². The molecule has 0 aliphatic carbocycles. The minimum atomic E-state index is -0.209. The van der Waals surface area contributed by atoms with Crippen LogP contribution in [0.3, 0.4) is 0 Å². The Hall–Kier alpha value is -2.99. The first kappa shape index (κ1) is 17.4. The van der Waals surface area contributed by atoms with Crippen molar-refractivity contribution in [1.29, 1.82) is 0 Å². The van der Waals surface area contributed by atoms with Gasteiger partial charge in [-0.05, 0) is 55.6 Å². The van der Waals surface area contributed by atoms with Crippen molar-refractivity contribution in [1.82, 2.24) is 19.9 Å². The van der Waals surface area contributed by atoms with Crippen molar-refractivity contribution >= 4 is 5.97 Å². The number of hydrogen-bond acceptors (Lipinski definition) is 5. The van der Waals surface area contributed by atoms with Gasteiger partial charge in [0, 0.05) is 24.5 Å². The number of cyclic esters (lactones) is 1. The predicted octanol–water partition coefficient (Wildman–Crippen LogP) is 2.89. The van der Waals surface area contributed by atoms with E-state index in [2.05, 4.69) is 28.3 Å². The molecule has 0 amide bonds. The van der Waals surface area contributed by atoms with Crippen molar-refractivity contribution in [3.63, 3.8) is 0 Å². The van der Waals surface area contributed by atoms with E-state index < -0.39 is 0 Å². The molecule has 0 spiro atoms. The zero-order chi connectivity index (χ0) is 18.8. The Bertz CT molecular complexity index is 976. The van der Waals surface area contributed by atoms with Crippen LogP contribution < -0.4 is 5.32 Å². The topological polar surface area (TPSA) is 69.0 Å². The average Bonchev–Trinajstić information content (AvgIpc) is 3.27. The molecule has 1 aliphatic rings. The third kappa shape index (κ3) is 3.61. The van der Waals surface area contributed by atoms with Gasteiger partial charge in [0.05, 0.1) is 11.3 Å². The number of esters is 1. The molecule has 0 atom stereocenters. The van der Waals surface area contributed by atoms with Gasteiger partial charge in [0.1, 0.15) is 18.8 Å². The third-order valence-corrected chi connectivity index (χ3v) is 4.96. The highest BCUT2D eigenvalue weighted by molar-refractivity contribution is 5.93. The van der Waals surface area contributed by atoms with Crippen LogP contribution in [0.25, 0.3) is 5.82 Å². The van der Waals surface area contributed by atoms with E-state index in [-0.39, 0.29) is 5.97 Å². The van der Waals surface area contributed by atoms with Gasteiger partial charge in [-0.2, -0.15) is 0 Å². The summed E-state index contributed by atoms with van der Waals surface area (Å²) in [6, 6.07) is 7.99. The van der Waals surface area contributed by atoms with Crippen molar-refractivity contribution in [3.05, 3.63) is 76.5 Å². The summed E-state index contributed by atoms with van der Waals surface area (Å²) in [5, 5.41) is 3.46. The molecule has 0 saturated heterocycles. The van der Waals surface area contributed by atoms with Crippen LogP contribution >= 0.6 is 0 Å². The second kappa shape index (κ2) is 7.32. The van der Waals surface area contributed by atoms with Gasteiger partial charge >= 0.3 is 5.97 Å². The van der Waals surface area contributed by atoms with Crippen molar-refractivity contribution in [2.45, 2.75) is 33.4 Å². The minimum Gasteiger partial charge on any atom is -0.457 e. The Balaban J connectivity index is 1.31. The van der Waals surface area contributed by atoms with E-state index in [9.17, 15) is 4.79 Å². The summed E-state index contributed by atoms with van der Waals surface area (Å²) in [4.78, 5) is 20.3. The second-order valence-electron chi connectivity index (χ2n) is 6.83. The number of fused-ring (bicyclic) bond motifs is 1. The number of hydrogen-bond donors (Lipinski definition) is 1. The molecule has 1 N–H and O–H groups in total. The third-order valence-electron chi connectivity index (χ3n) is 4.96. The van der Waals surface area contributed by atoms with Gasteiger partial charge < -0.3 is 10.1 Å². The molecule has 3 aromatic rings. The fourth-order valence-electron chi connectivity index (χ4n) is 3.35. The van der Waals surface area contributed by atoms with E-state index in [1.54, 1.807) is 6.33 Å². The molecule has 0 radical (unpaired) electrons. The number of pyridine rings is 1. The normalized spacial score (nSPS) is 12.9. The highest BCUT2D eigenvalue weighted by Gasteiger charge is 2.23. The number of nitrogens with zero attached hydrogens (tertiary/aromatic N) is 3. The number of ether oxygens (including phenoxy) is 1. The summed E-state index contributed by atoms with van der Waals surface area (Å²) >= 11 is 0. The number of nitrogens with one attached hydrogen (secondary N) is 1. The number of benzene rings is 1. The molecule has 138 valence electrons. The number of carbonyl (C=O) groups is 1. The Morgan fingerprint density at radius 2 is 2.07 bits per heavy atom. The first-order valence-electron chi connectivity index (χ1n) is 9.07. The van der Waals surface area contributed by atoms with Gasteiger partial charge in [-0.25, -0.2) is 14.8 Å². The predicted molar refractivity (Wildman–Crippen MR) is 102 cm³/mol. The number of imidazole rings is 1. The summed E-state index contributed by atoms with van der Waals surface area (Å²) in [6.45, 7) is 6.05. The molecule has 6 nitrogen and oxygen atoms in total. The lowest BCUT2D eigenvalue weighted by Gasteiger charge is -2.10. The van der Waals surface area contributed by atoms with E-state index in [0.717, 1.165) is 42.1 Å². The quantitative estimate of drug-likeness (QED) is 0.539. The van der Waals surface area contributed by atoms with Crippen LogP contribution in [0.2, 0.25) is 0 Å². The summed E-state index contributed by atoms with van der Waals surface area (Å²) in [7, 11) is 0. The second-order valence-corrected chi connectivity index (χ2v) is 6.83. The molecular formula is C21H22N4O2. The zero-order valence-electron chi connectivity index (χ0n) is 15.5. The fourth-order valence-corrected chi connectivity index (χ4v) is 3.35. The zero-order valence-corrected chi connectivity index (χ0v) is 15.5. The standard InChI is InChI=1S/C21H22N4O2/c1-14-11-25(13-24-14)20-6-3-16(10-23-20)9-22-8-7-17-4-5-18-19(15(17)2)12-27-21(18)26/h3-6,10-11,13,22H,7-9,12H2,1-2H3. The Morgan fingerprint density at radius 1 is 1.19 bits per heavy atom. The van der Waals surface area contributed by atoms with E-state index in [4.69, 9.17) is 4.74 Å². The van der Waals surface area contributed by atoms with E-state index in [1.807, 2.05) is 42.1 Å². The lowest BCUT2D eigenvalue weighted by Crippen LogP contribution is -2.17. The van der Waals surface area contributed by atoms with Crippen LogP contribution in [0.15, 0.2) is 43.0 Å². The largest absolute Gasteiger partial charge is 0.457 e.